The number of nitrogens with one attached hydrogen (secondary N) is 1. The topological polar surface area (TPSA) is 57.6 Å². The number of ether oxygens (including phenoxy) is 1. The van der Waals surface area contributed by atoms with E-state index in [1.54, 1.807) is 12.1 Å². The van der Waals surface area contributed by atoms with Gasteiger partial charge in [-0.1, -0.05) is 36.7 Å². The van der Waals surface area contributed by atoms with Gasteiger partial charge in [0.15, 0.2) is 11.5 Å². The number of phenolic OH excluding ortho intramolecular Hbond substituents is 1. The number of aromatic hydroxyl groups is 1. The van der Waals surface area contributed by atoms with Crippen molar-refractivity contribution >= 4 is 33.9 Å². The van der Waals surface area contributed by atoms with Crippen molar-refractivity contribution < 1.29 is 9.84 Å². The molecule has 1 aromatic heterocycles. The van der Waals surface area contributed by atoms with Gasteiger partial charge in [-0.3, -0.25) is 4.98 Å². The summed E-state index contributed by atoms with van der Waals surface area (Å²) in [6.45, 7) is 3.03. The molecule has 0 aliphatic carbocycles. The standard InChI is InChI=1S/C27H28ClN3O2/c1-5-18-15-29-24-11-8-19(20-13-23(28)27(32)25(14-20)33-4)12-22(24)26(18)30-21-9-6-17(7-10-21)16-31(2)3/h6-15,32H,5,16H2,1-4H3,(H,29,30). The zero-order valence-electron chi connectivity index (χ0n) is 19.3. The molecule has 4 aromatic rings. The summed E-state index contributed by atoms with van der Waals surface area (Å²) >= 11 is 6.24. The molecule has 170 valence electrons. The normalized spacial score (nSPS) is 11.2. The number of rotatable bonds is 7. The van der Waals surface area contributed by atoms with Gasteiger partial charge in [-0.15, -0.1) is 0 Å². The van der Waals surface area contributed by atoms with Crippen LogP contribution in [0.4, 0.5) is 11.4 Å². The largest absolute Gasteiger partial charge is 0.503 e. The van der Waals surface area contributed by atoms with Crippen molar-refractivity contribution in [2.75, 3.05) is 26.5 Å². The maximum atomic E-state index is 10.1. The maximum absolute atomic E-state index is 10.1. The molecule has 1 heterocycles. The van der Waals surface area contributed by atoms with Crippen molar-refractivity contribution in [3.63, 3.8) is 0 Å². The Labute approximate surface area is 199 Å². The Hall–Kier alpha value is -3.28. The number of hydrogen-bond acceptors (Lipinski definition) is 5. The SMILES string of the molecule is CCc1cnc2ccc(-c3cc(Cl)c(O)c(OC)c3)cc2c1Nc1ccc(CN(C)C)cc1. The van der Waals surface area contributed by atoms with Gasteiger partial charge in [-0.2, -0.15) is 0 Å². The average molecular weight is 462 g/mol. The highest BCUT2D eigenvalue weighted by molar-refractivity contribution is 6.32. The van der Waals surface area contributed by atoms with E-state index < -0.39 is 0 Å². The van der Waals surface area contributed by atoms with Crippen LogP contribution in [-0.2, 0) is 13.0 Å². The molecule has 2 N–H and O–H groups in total. The highest BCUT2D eigenvalue weighted by Crippen LogP contribution is 2.40. The summed E-state index contributed by atoms with van der Waals surface area (Å²) < 4.78 is 5.29. The van der Waals surface area contributed by atoms with Gasteiger partial charge in [-0.05, 0) is 79.2 Å². The van der Waals surface area contributed by atoms with Gasteiger partial charge >= 0.3 is 0 Å². The Balaban J connectivity index is 1.78. The van der Waals surface area contributed by atoms with Crippen molar-refractivity contribution in [3.8, 4) is 22.6 Å². The van der Waals surface area contributed by atoms with E-state index in [4.69, 9.17) is 16.3 Å². The monoisotopic (exact) mass is 461 g/mol. The first-order valence-corrected chi connectivity index (χ1v) is 11.3. The number of pyridine rings is 1. The number of halogens is 1. The molecule has 33 heavy (non-hydrogen) atoms. The third-order valence-electron chi connectivity index (χ3n) is 5.63. The molecule has 0 bridgehead atoms. The number of aromatic nitrogens is 1. The van der Waals surface area contributed by atoms with Crippen LogP contribution in [0.2, 0.25) is 5.02 Å². The van der Waals surface area contributed by atoms with Crippen LogP contribution >= 0.6 is 11.6 Å². The minimum atomic E-state index is -0.0567. The van der Waals surface area contributed by atoms with Crippen molar-refractivity contribution in [2.45, 2.75) is 19.9 Å². The van der Waals surface area contributed by atoms with Gasteiger partial charge in [0.2, 0.25) is 0 Å². The predicted octanol–water partition coefficient (Wildman–Crippen LogP) is 6.64. The first kappa shape index (κ1) is 22.9. The summed E-state index contributed by atoms with van der Waals surface area (Å²) in [4.78, 5) is 6.82. The summed E-state index contributed by atoms with van der Waals surface area (Å²) in [6, 6.07) is 18.2. The number of phenols is 1. The Bertz CT molecular complexity index is 1290. The number of benzene rings is 3. The van der Waals surface area contributed by atoms with Crippen LogP contribution in [0.5, 0.6) is 11.5 Å². The summed E-state index contributed by atoms with van der Waals surface area (Å²) in [6.07, 6.45) is 2.79. The summed E-state index contributed by atoms with van der Waals surface area (Å²) in [5, 5.41) is 15.0. The lowest BCUT2D eigenvalue weighted by Gasteiger charge is -2.16. The molecule has 0 aliphatic rings. The van der Waals surface area contributed by atoms with E-state index in [2.05, 4.69) is 66.6 Å². The van der Waals surface area contributed by atoms with Gasteiger partial charge in [0, 0.05) is 23.8 Å². The maximum Gasteiger partial charge on any atom is 0.176 e. The van der Waals surface area contributed by atoms with Crippen molar-refractivity contribution in [1.82, 2.24) is 9.88 Å². The second-order valence-electron chi connectivity index (χ2n) is 8.31. The number of aryl methyl sites for hydroxylation is 1. The van der Waals surface area contributed by atoms with E-state index in [1.807, 2.05) is 18.3 Å². The molecule has 0 saturated carbocycles. The Morgan fingerprint density at radius 3 is 2.45 bits per heavy atom. The predicted molar refractivity (Wildman–Crippen MR) is 137 cm³/mol. The second kappa shape index (κ2) is 9.69. The molecule has 0 fully saturated rings. The lowest BCUT2D eigenvalue weighted by molar-refractivity contribution is 0.374. The molecular formula is C27H28ClN3O2. The summed E-state index contributed by atoms with van der Waals surface area (Å²) in [5.41, 5.74) is 7.19. The van der Waals surface area contributed by atoms with E-state index in [1.165, 1.54) is 12.7 Å². The fourth-order valence-electron chi connectivity index (χ4n) is 3.93. The third kappa shape index (κ3) is 4.90. The zero-order valence-corrected chi connectivity index (χ0v) is 20.1. The fraction of sp³-hybridized carbons (Fsp3) is 0.222. The van der Waals surface area contributed by atoms with Gasteiger partial charge in [-0.25, -0.2) is 0 Å². The van der Waals surface area contributed by atoms with Crippen molar-refractivity contribution in [2.24, 2.45) is 0 Å². The molecule has 6 heteroatoms. The summed E-state index contributed by atoms with van der Waals surface area (Å²) in [5.74, 6) is 0.285. The number of fused-ring (bicyclic) bond motifs is 1. The molecule has 0 radical (unpaired) electrons. The number of nitrogens with zero attached hydrogens (tertiary/aromatic N) is 2. The molecule has 0 amide bonds. The quantitative estimate of drug-likeness (QED) is 0.323. The van der Waals surface area contributed by atoms with Crippen LogP contribution < -0.4 is 10.1 Å². The molecule has 0 unspecified atom stereocenters. The van der Waals surface area contributed by atoms with Gasteiger partial charge in [0.25, 0.3) is 0 Å². The van der Waals surface area contributed by atoms with Crippen LogP contribution in [-0.4, -0.2) is 36.2 Å². The van der Waals surface area contributed by atoms with E-state index in [9.17, 15) is 5.11 Å². The van der Waals surface area contributed by atoms with Crippen molar-refractivity contribution in [3.05, 3.63) is 76.9 Å². The molecule has 4 rings (SSSR count). The fourth-order valence-corrected chi connectivity index (χ4v) is 4.14. The number of anilines is 2. The smallest absolute Gasteiger partial charge is 0.176 e. The summed E-state index contributed by atoms with van der Waals surface area (Å²) in [7, 11) is 5.65. The zero-order chi connectivity index (χ0) is 23.5. The van der Waals surface area contributed by atoms with Crippen LogP contribution in [0, 0.1) is 0 Å². The van der Waals surface area contributed by atoms with Crippen LogP contribution in [0.3, 0.4) is 0 Å². The Morgan fingerprint density at radius 1 is 1.03 bits per heavy atom. The first-order chi connectivity index (χ1) is 15.9. The Morgan fingerprint density at radius 2 is 1.79 bits per heavy atom. The molecule has 0 spiro atoms. The first-order valence-electron chi connectivity index (χ1n) is 10.9. The third-order valence-corrected chi connectivity index (χ3v) is 5.92. The van der Waals surface area contributed by atoms with E-state index in [0.717, 1.165) is 51.9 Å². The van der Waals surface area contributed by atoms with Gasteiger partial charge in [0.05, 0.1) is 23.3 Å². The van der Waals surface area contributed by atoms with Crippen molar-refractivity contribution in [1.29, 1.82) is 0 Å². The number of hydrogen-bond donors (Lipinski definition) is 2. The molecule has 5 nitrogen and oxygen atoms in total. The number of methoxy groups -OCH3 is 1. The van der Waals surface area contributed by atoms with Crippen LogP contribution in [0.15, 0.2) is 60.8 Å². The molecular weight excluding hydrogens is 434 g/mol. The van der Waals surface area contributed by atoms with Crippen LogP contribution in [0.1, 0.15) is 18.1 Å². The lowest BCUT2D eigenvalue weighted by atomic mass is 10.00. The molecule has 0 saturated heterocycles. The minimum absolute atomic E-state index is 0.0567. The lowest BCUT2D eigenvalue weighted by Crippen LogP contribution is -2.10. The van der Waals surface area contributed by atoms with Gasteiger partial charge < -0.3 is 20.1 Å². The highest BCUT2D eigenvalue weighted by Gasteiger charge is 2.13. The average Bonchev–Trinajstić information content (AvgIpc) is 2.81. The molecule has 0 atom stereocenters. The minimum Gasteiger partial charge on any atom is -0.503 e. The highest BCUT2D eigenvalue weighted by atomic mass is 35.5. The van der Waals surface area contributed by atoms with Crippen LogP contribution in [0.25, 0.3) is 22.0 Å². The van der Waals surface area contributed by atoms with E-state index >= 15 is 0 Å². The second-order valence-corrected chi connectivity index (χ2v) is 8.72. The van der Waals surface area contributed by atoms with E-state index in [-0.39, 0.29) is 10.8 Å². The van der Waals surface area contributed by atoms with Gasteiger partial charge in [0.1, 0.15) is 0 Å². The Kier molecular flexibility index (Phi) is 6.72. The molecule has 3 aromatic carbocycles. The van der Waals surface area contributed by atoms with E-state index in [0.29, 0.717) is 5.75 Å². The molecule has 0 aliphatic heterocycles.